The predicted octanol–water partition coefficient (Wildman–Crippen LogP) is 2.66. The highest BCUT2D eigenvalue weighted by atomic mass is 16.6. The van der Waals surface area contributed by atoms with Crippen molar-refractivity contribution in [3.8, 4) is 0 Å². The molecular formula is C15H24N2O. The number of nitrogens with two attached hydrogens (primary N) is 1. The Hall–Kier alpha value is -1.06. The Balaban J connectivity index is 2.20. The molecule has 0 radical (unpaired) electrons. The molecule has 1 saturated heterocycles. The van der Waals surface area contributed by atoms with Crippen molar-refractivity contribution in [1.29, 1.82) is 0 Å². The lowest BCUT2D eigenvalue weighted by Gasteiger charge is -2.36. The Labute approximate surface area is 110 Å². The number of aryl methyl sites for hydroxylation is 2. The second kappa shape index (κ2) is 6.21. The molecule has 1 fully saturated rings. The number of benzene rings is 1. The highest BCUT2D eigenvalue weighted by molar-refractivity contribution is 5.59. The molecular weight excluding hydrogens is 224 g/mol. The zero-order valence-electron chi connectivity index (χ0n) is 11.5. The second-order valence-electron chi connectivity index (χ2n) is 5.22. The van der Waals surface area contributed by atoms with Gasteiger partial charge in [-0.15, -0.1) is 0 Å². The van der Waals surface area contributed by atoms with E-state index in [2.05, 4.69) is 36.9 Å². The van der Waals surface area contributed by atoms with Crippen LogP contribution in [0, 0.1) is 12.8 Å². The van der Waals surface area contributed by atoms with Crippen molar-refractivity contribution in [2.24, 2.45) is 11.8 Å². The Morgan fingerprint density at radius 3 is 3.00 bits per heavy atom. The van der Waals surface area contributed by atoms with Crippen LogP contribution in [0.5, 0.6) is 0 Å². The smallest absolute Gasteiger partial charge is 0.0724 e. The van der Waals surface area contributed by atoms with Crippen LogP contribution in [0.15, 0.2) is 18.2 Å². The molecule has 0 aromatic heterocycles. The van der Waals surface area contributed by atoms with Crippen molar-refractivity contribution in [2.75, 3.05) is 24.6 Å². The van der Waals surface area contributed by atoms with E-state index in [1.807, 2.05) is 0 Å². The number of piperidine rings is 1. The van der Waals surface area contributed by atoms with Gasteiger partial charge in [-0.1, -0.05) is 25.1 Å². The number of hydrogen-bond donors (Lipinski definition) is 1. The van der Waals surface area contributed by atoms with E-state index in [9.17, 15) is 0 Å². The summed E-state index contributed by atoms with van der Waals surface area (Å²) in [5, 5.41) is 0. The van der Waals surface area contributed by atoms with Crippen molar-refractivity contribution >= 4 is 5.69 Å². The van der Waals surface area contributed by atoms with Gasteiger partial charge in [-0.25, -0.2) is 5.90 Å². The molecule has 1 aromatic rings. The second-order valence-corrected chi connectivity index (χ2v) is 5.22. The molecule has 2 rings (SSSR count). The van der Waals surface area contributed by atoms with Crippen molar-refractivity contribution in [2.45, 2.75) is 33.1 Å². The van der Waals surface area contributed by atoms with E-state index in [1.165, 1.54) is 29.7 Å². The number of hydrogen-bond acceptors (Lipinski definition) is 3. The molecule has 1 aliphatic heterocycles. The van der Waals surface area contributed by atoms with Crippen molar-refractivity contribution in [1.82, 2.24) is 0 Å². The predicted molar refractivity (Wildman–Crippen MR) is 75.6 cm³/mol. The lowest BCUT2D eigenvalue weighted by molar-refractivity contribution is 0.0951. The number of nitrogens with zero attached hydrogens (tertiary/aromatic N) is 1. The third kappa shape index (κ3) is 2.85. The van der Waals surface area contributed by atoms with Gasteiger partial charge in [0.15, 0.2) is 0 Å². The van der Waals surface area contributed by atoms with Gasteiger partial charge in [-0.2, -0.15) is 0 Å². The van der Waals surface area contributed by atoms with Gasteiger partial charge in [0.25, 0.3) is 0 Å². The first-order chi connectivity index (χ1) is 8.76. The Morgan fingerprint density at radius 1 is 1.44 bits per heavy atom. The normalized spacial score (nSPS) is 20.2. The standard InChI is InChI=1S/C15H24N2O/c1-3-14-8-4-6-12(2)15(14)17-9-5-7-13(10-17)11-18-16/h4,6,8,13H,3,5,7,9-11,16H2,1-2H3. The summed E-state index contributed by atoms with van der Waals surface area (Å²) in [5.41, 5.74) is 4.26. The van der Waals surface area contributed by atoms with Gasteiger partial charge in [0, 0.05) is 24.7 Å². The summed E-state index contributed by atoms with van der Waals surface area (Å²) < 4.78 is 0. The summed E-state index contributed by atoms with van der Waals surface area (Å²) in [6.07, 6.45) is 3.54. The SMILES string of the molecule is CCc1cccc(C)c1N1CCCC(CON)C1. The molecule has 0 spiro atoms. The molecule has 1 atom stereocenters. The first kappa shape index (κ1) is 13.4. The van der Waals surface area contributed by atoms with Crippen molar-refractivity contribution in [3.63, 3.8) is 0 Å². The van der Waals surface area contributed by atoms with Crippen LogP contribution in [0.4, 0.5) is 5.69 Å². The van der Waals surface area contributed by atoms with Crippen LogP contribution in [0.2, 0.25) is 0 Å². The van der Waals surface area contributed by atoms with E-state index in [-0.39, 0.29) is 0 Å². The quantitative estimate of drug-likeness (QED) is 0.833. The monoisotopic (exact) mass is 248 g/mol. The third-order valence-corrected chi connectivity index (χ3v) is 3.87. The molecule has 3 nitrogen and oxygen atoms in total. The highest BCUT2D eigenvalue weighted by Gasteiger charge is 2.22. The molecule has 1 aromatic carbocycles. The Morgan fingerprint density at radius 2 is 2.28 bits per heavy atom. The van der Waals surface area contributed by atoms with E-state index < -0.39 is 0 Å². The lowest BCUT2D eigenvalue weighted by atomic mass is 9.96. The van der Waals surface area contributed by atoms with Gasteiger partial charge in [-0.05, 0) is 37.3 Å². The van der Waals surface area contributed by atoms with Crippen LogP contribution >= 0.6 is 0 Å². The highest BCUT2D eigenvalue weighted by Crippen LogP contribution is 2.30. The molecule has 100 valence electrons. The molecule has 18 heavy (non-hydrogen) atoms. The first-order valence-corrected chi connectivity index (χ1v) is 6.91. The Bertz CT molecular complexity index is 390. The van der Waals surface area contributed by atoms with E-state index in [0.717, 1.165) is 19.5 Å². The van der Waals surface area contributed by atoms with Gasteiger partial charge >= 0.3 is 0 Å². The third-order valence-electron chi connectivity index (χ3n) is 3.87. The zero-order chi connectivity index (χ0) is 13.0. The molecule has 2 N–H and O–H groups in total. The molecule has 0 amide bonds. The van der Waals surface area contributed by atoms with Crippen LogP contribution in [-0.2, 0) is 11.3 Å². The molecule has 1 unspecified atom stereocenters. The van der Waals surface area contributed by atoms with Crippen molar-refractivity contribution in [3.05, 3.63) is 29.3 Å². The van der Waals surface area contributed by atoms with Crippen LogP contribution in [0.3, 0.4) is 0 Å². The summed E-state index contributed by atoms with van der Waals surface area (Å²) in [7, 11) is 0. The number of anilines is 1. The minimum absolute atomic E-state index is 0.563. The van der Waals surface area contributed by atoms with Crippen LogP contribution in [-0.4, -0.2) is 19.7 Å². The summed E-state index contributed by atoms with van der Waals surface area (Å²) in [4.78, 5) is 7.34. The number of rotatable bonds is 4. The van der Waals surface area contributed by atoms with Crippen LogP contribution in [0.25, 0.3) is 0 Å². The minimum Gasteiger partial charge on any atom is -0.371 e. The molecule has 0 saturated carbocycles. The largest absolute Gasteiger partial charge is 0.371 e. The summed E-state index contributed by atoms with van der Waals surface area (Å²) >= 11 is 0. The summed E-state index contributed by atoms with van der Waals surface area (Å²) in [5.74, 6) is 5.77. The fourth-order valence-electron chi connectivity index (χ4n) is 3.00. The van der Waals surface area contributed by atoms with E-state index >= 15 is 0 Å². The molecule has 0 bridgehead atoms. The molecule has 0 aliphatic carbocycles. The van der Waals surface area contributed by atoms with Crippen molar-refractivity contribution < 1.29 is 4.84 Å². The van der Waals surface area contributed by atoms with Gasteiger partial charge < -0.3 is 9.74 Å². The fourth-order valence-corrected chi connectivity index (χ4v) is 3.00. The first-order valence-electron chi connectivity index (χ1n) is 6.91. The zero-order valence-corrected chi connectivity index (χ0v) is 11.5. The van der Waals surface area contributed by atoms with Crippen LogP contribution < -0.4 is 10.8 Å². The Kier molecular flexibility index (Phi) is 4.61. The summed E-state index contributed by atoms with van der Waals surface area (Å²) in [6.45, 7) is 7.32. The maximum atomic E-state index is 5.21. The molecule has 3 heteroatoms. The summed E-state index contributed by atoms with van der Waals surface area (Å²) in [6, 6.07) is 6.60. The van der Waals surface area contributed by atoms with Gasteiger partial charge in [0.1, 0.15) is 0 Å². The lowest BCUT2D eigenvalue weighted by Crippen LogP contribution is -2.38. The molecule has 1 heterocycles. The van der Waals surface area contributed by atoms with E-state index in [0.29, 0.717) is 12.5 Å². The molecule has 1 aliphatic rings. The number of para-hydroxylation sites is 1. The minimum atomic E-state index is 0.563. The average molecular weight is 248 g/mol. The van der Waals surface area contributed by atoms with Gasteiger partial charge in [0.05, 0.1) is 6.61 Å². The van der Waals surface area contributed by atoms with E-state index in [4.69, 9.17) is 10.7 Å². The maximum absolute atomic E-state index is 5.21. The maximum Gasteiger partial charge on any atom is 0.0724 e. The topological polar surface area (TPSA) is 38.5 Å². The average Bonchev–Trinajstić information content (AvgIpc) is 2.39. The van der Waals surface area contributed by atoms with Crippen LogP contribution in [0.1, 0.15) is 30.9 Å². The van der Waals surface area contributed by atoms with E-state index in [1.54, 1.807) is 0 Å². The van der Waals surface area contributed by atoms with Gasteiger partial charge in [-0.3, -0.25) is 0 Å². The fraction of sp³-hybridized carbons (Fsp3) is 0.600. The van der Waals surface area contributed by atoms with Gasteiger partial charge in [0.2, 0.25) is 0 Å².